The van der Waals surface area contributed by atoms with Crippen LogP contribution in [0.1, 0.15) is 73.1 Å². The van der Waals surface area contributed by atoms with Gasteiger partial charge < -0.3 is 25.0 Å². The first-order valence-electron chi connectivity index (χ1n) is 13.5. The molecular formula is C28H45NO6. The van der Waals surface area contributed by atoms with Gasteiger partial charge in [0.05, 0.1) is 24.4 Å². The maximum Gasteiger partial charge on any atom is 0.225 e. The highest BCUT2D eigenvalue weighted by Crippen LogP contribution is 2.67. The quantitative estimate of drug-likeness (QED) is 0.527. The lowest BCUT2D eigenvalue weighted by Crippen LogP contribution is -2.61. The van der Waals surface area contributed by atoms with Crippen molar-refractivity contribution in [3.05, 3.63) is 11.6 Å². The molecular weight excluding hydrogens is 446 g/mol. The van der Waals surface area contributed by atoms with E-state index in [-0.39, 0.29) is 47.8 Å². The number of fused-ring (bicyclic) bond motifs is 5. The largest absolute Gasteiger partial charge is 0.390 e. The third kappa shape index (κ3) is 3.92. The maximum atomic E-state index is 13.3. The number of carbonyl (C=O) groups excluding carboxylic acids is 2. The molecule has 4 aliphatic carbocycles. The second-order valence-corrected chi connectivity index (χ2v) is 12.6. The predicted molar refractivity (Wildman–Crippen MR) is 132 cm³/mol. The lowest BCUT2D eigenvalue weighted by atomic mass is 9.46. The van der Waals surface area contributed by atoms with Gasteiger partial charge in [-0.1, -0.05) is 27.7 Å². The minimum Gasteiger partial charge on any atom is -0.390 e. The van der Waals surface area contributed by atoms with Crippen LogP contribution in [-0.4, -0.2) is 76.0 Å². The van der Waals surface area contributed by atoms with Crippen LogP contribution in [-0.2, 0) is 14.3 Å². The summed E-state index contributed by atoms with van der Waals surface area (Å²) in [6, 6.07) is -0.0643. The van der Waals surface area contributed by atoms with E-state index in [1.807, 2.05) is 18.7 Å². The van der Waals surface area contributed by atoms with Crippen molar-refractivity contribution in [2.45, 2.75) is 97.0 Å². The summed E-state index contributed by atoms with van der Waals surface area (Å²) in [5.41, 5.74) is -1.23. The topological polar surface area (TPSA) is 107 Å². The lowest BCUT2D eigenvalue weighted by Gasteiger charge is -2.60. The van der Waals surface area contributed by atoms with E-state index in [2.05, 4.69) is 20.8 Å². The van der Waals surface area contributed by atoms with E-state index in [0.717, 1.165) is 24.8 Å². The Morgan fingerprint density at radius 1 is 1.14 bits per heavy atom. The van der Waals surface area contributed by atoms with Crippen molar-refractivity contribution in [3.8, 4) is 0 Å². The van der Waals surface area contributed by atoms with Gasteiger partial charge in [0.1, 0.15) is 0 Å². The van der Waals surface area contributed by atoms with Crippen molar-refractivity contribution in [2.24, 2.45) is 34.5 Å². The van der Waals surface area contributed by atoms with Gasteiger partial charge >= 0.3 is 0 Å². The highest BCUT2D eigenvalue weighted by Gasteiger charge is 2.67. The molecule has 198 valence electrons. The van der Waals surface area contributed by atoms with E-state index in [9.17, 15) is 24.9 Å². The van der Waals surface area contributed by atoms with Crippen LogP contribution in [0.15, 0.2) is 11.6 Å². The second-order valence-electron chi connectivity index (χ2n) is 12.6. The average Bonchev–Trinajstić information content (AvgIpc) is 3.07. The SMILES string of the molecule is COCCN(C(=O)C(C)C)C(C)C1CC[C@@]2(O)C3=CC(=O)C4CC(O)C(O)CC4(C)C3CCC12C. The molecule has 0 heterocycles. The first-order valence-corrected chi connectivity index (χ1v) is 13.5. The molecule has 0 aliphatic heterocycles. The molecule has 0 radical (unpaired) electrons. The smallest absolute Gasteiger partial charge is 0.225 e. The zero-order valence-corrected chi connectivity index (χ0v) is 22.3. The Morgan fingerprint density at radius 2 is 1.83 bits per heavy atom. The van der Waals surface area contributed by atoms with Crippen LogP contribution in [0.2, 0.25) is 0 Å². The summed E-state index contributed by atoms with van der Waals surface area (Å²) in [7, 11) is 1.64. The first-order chi connectivity index (χ1) is 16.3. The highest BCUT2D eigenvalue weighted by atomic mass is 16.5. The summed E-state index contributed by atoms with van der Waals surface area (Å²) >= 11 is 0. The third-order valence-corrected chi connectivity index (χ3v) is 10.6. The minimum absolute atomic E-state index is 0.00127. The average molecular weight is 492 g/mol. The van der Waals surface area contributed by atoms with Gasteiger partial charge in [-0.15, -0.1) is 0 Å². The first kappa shape index (κ1) is 26.8. The summed E-state index contributed by atoms with van der Waals surface area (Å²) in [5, 5.41) is 33.2. The number of rotatable bonds is 6. The van der Waals surface area contributed by atoms with E-state index >= 15 is 0 Å². The van der Waals surface area contributed by atoms with E-state index in [1.165, 1.54) is 0 Å². The fourth-order valence-electron chi connectivity index (χ4n) is 8.44. The summed E-state index contributed by atoms with van der Waals surface area (Å²) < 4.78 is 5.30. The van der Waals surface area contributed by atoms with Gasteiger partial charge in [-0.05, 0) is 74.3 Å². The van der Waals surface area contributed by atoms with Crippen molar-refractivity contribution in [3.63, 3.8) is 0 Å². The molecule has 7 nitrogen and oxygen atoms in total. The number of allylic oxidation sites excluding steroid dienone is 1. The monoisotopic (exact) mass is 491 g/mol. The number of ketones is 1. The zero-order valence-electron chi connectivity index (χ0n) is 22.3. The second kappa shape index (κ2) is 9.23. The van der Waals surface area contributed by atoms with E-state index in [0.29, 0.717) is 26.0 Å². The Labute approximate surface area is 209 Å². The number of methoxy groups -OCH3 is 1. The molecule has 4 aliphatic rings. The fourth-order valence-corrected chi connectivity index (χ4v) is 8.44. The molecule has 4 rings (SSSR count). The van der Waals surface area contributed by atoms with Crippen molar-refractivity contribution >= 4 is 11.7 Å². The number of ether oxygens (including phenoxy) is 1. The van der Waals surface area contributed by atoms with E-state index < -0.39 is 28.6 Å². The number of hydrogen-bond acceptors (Lipinski definition) is 6. The number of hydrogen-bond donors (Lipinski definition) is 3. The normalized spacial score (nSPS) is 43.8. The van der Waals surface area contributed by atoms with Crippen molar-refractivity contribution < 1.29 is 29.6 Å². The number of aliphatic hydroxyl groups excluding tert-OH is 2. The van der Waals surface area contributed by atoms with Crippen LogP contribution in [0, 0.1) is 34.5 Å². The molecule has 3 N–H and O–H groups in total. The molecule has 3 fully saturated rings. The molecule has 0 bridgehead atoms. The lowest BCUT2D eigenvalue weighted by molar-refractivity contribution is -0.155. The summed E-state index contributed by atoms with van der Waals surface area (Å²) in [4.78, 5) is 28.4. The van der Waals surface area contributed by atoms with Gasteiger partial charge in [0.2, 0.25) is 5.91 Å². The maximum absolute atomic E-state index is 13.3. The van der Waals surface area contributed by atoms with Crippen LogP contribution in [0.4, 0.5) is 0 Å². The molecule has 0 aromatic heterocycles. The molecule has 1 amide bonds. The zero-order chi connectivity index (χ0) is 25.9. The van der Waals surface area contributed by atoms with Gasteiger partial charge in [-0.25, -0.2) is 0 Å². The molecule has 8 unspecified atom stereocenters. The number of aliphatic hydroxyl groups is 3. The molecule has 0 aromatic carbocycles. The number of nitrogens with zero attached hydrogens (tertiary/aromatic N) is 1. The van der Waals surface area contributed by atoms with Gasteiger partial charge in [0, 0.05) is 36.9 Å². The Balaban J connectivity index is 1.68. The molecule has 7 heteroatoms. The summed E-state index contributed by atoms with van der Waals surface area (Å²) in [5.74, 6) is -0.293. The molecule has 35 heavy (non-hydrogen) atoms. The Bertz CT molecular complexity index is 887. The Morgan fingerprint density at radius 3 is 2.46 bits per heavy atom. The van der Waals surface area contributed by atoms with Crippen LogP contribution in [0.5, 0.6) is 0 Å². The van der Waals surface area contributed by atoms with Crippen LogP contribution >= 0.6 is 0 Å². The van der Waals surface area contributed by atoms with Gasteiger partial charge in [-0.2, -0.15) is 0 Å². The van der Waals surface area contributed by atoms with E-state index in [1.54, 1.807) is 13.2 Å². The van der Waals surface area contributed by atoms with Crippen LogP contribution in [0.25, 0.3) is 0 Å². The highest BCUT2D eigenvalue weighted by molar-refractivity contribution is 5.95. The van der Waals surface area contributed by atoms with Gasteiger partial charge in [-0.3, -0.25) is 9.59 Å². The number of amides is 1. The Kier molecular flexibility index (Phi) is 7.06. The predicted octanol–water partition coefficient (Wildman–Crippen LogP) is 2.71. The summed E-state index contributed by atoms with van der Waals surface area (Å²) in [6.07, 6.45) is 3.57. The van der Waals surface area contributed by atoms with E-state index in [4.69, 9.17) is 4.74 Å². The van der Waals surface area contributed by atoms with Crippen molar-refractivity contribution in [1.29, 1.82) is 0 Å². The van der Waals surface area contributed by atoms with Gasteiger partial charge in [0.25, 0.3) is 0 Å². The molecule has 0 aromatic rings. The molecule has 0 spiro atoms. The fraction of sp³-hybridized carbons (Fsp3) is 0.857. The molecule has 3 saturated carbocycles. The molecule has 0 saturated heterocycles. The van der Waals surface area contributed by atoms with Crippen LogP contribution < -0.4 is 0 Å². The van der Waals surface area contributed by atoms with Crippen molar-refractivity contribution in [2.75, 3.05) is 20.3 Å². The standard InChI is InChI=1S/C28H45NO6/c1-16(2)25(33)29(11-12-35-6)17(3)18-8-10-28(34)20-13-22(30)21-14-23(31)24(32)15-26(21,4)19(20)7-9-27(18,28)5/h13,16-19,21,23-24,31-32,34H,7-12,14-15H2,1-6H3/t17?,18?,19?,21?,23?,24?,26?,27?,28-/m1/s1. The van der Waals surface area contributed by atoms with Crippen molar-refractivity contribution in [1.82, 2.24) is 4.90 Å². The third-order valence-electron chi connectivity index (χ3n) is 10.6. The Hall–Kier alpha value is -1.28. The minimum atomic E-state index is -1.12. The molecule has 9 atom stereocenters. The van der Waals surface area contributed by atoms with Gasteiger partial charge in [0.15, 0.2) is 5.78 Å². The summed E-state index contributed by atoms with van der Waals surface area (Å²) in [6.45, 7) is 11.1. The van der Waals surface area contributed by atoms with Crippen LogP contribution in [0.3, 0.4) is 0 Å². The number of carbonyl (C=O) groups is 2.